The summed E-state index contributed by atoms with van der Waals surface area (Å²) in [5.74, 6) is -0.177. The lowest BCUT2D eigenvalue weighted by molar-refractivity contribution is -0.146. The molecule has 0 aromatic heterocycles. The lowest BCUT2D eigenvalue weighted by atomic mass is 9.81. The minimum Gasteiger partial charge on any atom is -0.480 e. The molecule has 1 saturated heterocycles. The summed E-state index contributed by atoms with van der Waals surface area (Å²) in [4.78, 5) is 11.4. The van der Waals surface area contributed by atoms with E-state index in [-0.39, 0.29) is 0 Å². The van der Waals surface area contributed by atoms with Crippen LogP contribution in [-0.2, 0) is 9.53 Å². The molecule has 0 bridgehead atoms. The zero-order valence-electron chi connectivity index (χ0n) is 9.71. The van der Waals surface area contributed by atoms with Gasteiger partial charge in [0.2, 0.25) is 0 Å². The fraction of sp³-hybridized carbons (Fsp3) is 0.917. The maximum atomic E-state index is 11.4. The van der Waals surface area contributed by atoms with Crippen molar-refractivity contribution in [3.63, 3.8) is 0 Å². The molecule has 4 heteroatoms. The molecule has 0 spiro atoms. The smallest absolute Gasteiger partial charge is 0.323 e. The Labute approximate surface area is 96.4 Å². The Hall–Kier alpha value is -0.610. The highest BCUT2D eigenvalue weighted by Crippen LogP contribution is 2.29. The minimum atomic E-state index is -0.675. The summed E-state index contributed by atoms with van der Waals surface area (Å²) in [6, 6.07) is 0. The van der Waals surface area contributed by atoms with Gasteiger partial charge in [-0.2, -0.15) is 0 Å². The summed E-state index contributed by atoms with van der Waals surface area (Å²) >= 11 is 0. The van der Waals surface area contributed by atoms with E-state index in [2.05, 4.69) is 5.32 Å². The molecule has 1 aliphatic heterocycles. The molecule has 0 aromatic rings. The Morgan fingerprint density at radius 3 is 2.69 bits per heavy atom. The van der Waals surface area contributed by atoms with E-state index in [0.717, 1.165) is 51.9 Å². The average Bonchev–Trinajstić information content (AvgIpc) is 2.80. The van der Waals surface area contributed by atoms with E-state index < -0.39 is 11.5 Å². The van der Waals surface area contributed by atoms with Crippen LogP contribution in [0.5, 0.6) is 0 Å². The van der Waals surface area contributed by atoms with Gasteiger partial charge < -0.3 is 15.2 Å². The number of rotatable bonds is 4. The molecule has 4 nitrogen and oxygen atoms in total. The van der Waals surface area contributed by atoms with Gasteiger partial charge in [0, 0.05) is 13.2 Å². The van der Waals surface area contributed by atoms with Crippen molar-refractivity contribution in [1.82, 2.24) is 5.32 Å². The predicted octanol–water partition coefficient (Wildman–Crippen LogP) is 1.40. The zero-order chi connectivity index (χ0) is 11.4. The van der Waals surface area contributed by atoms with Crippen molar-refractivity contribution in [2.45, 2.75) is 44.1 Å². The Kier molecular flexibility index (Phi) is 3.82. The first kappa shape index (κ1) is 11.9. The molecule has 0 amide bonds. The third-order valence-corrected chi connectivity index (χ3v) is 3.87. The average molecular weight is 227 g/mol. The number of aliphatic carboxylic acids is 1. The lowest BCUT2D eigenvalue weighted by Crippen LogP contribution is -2.54. The minimum absolute atomic E-state index is 0.498. The molecule has 0 radical (unpaired) electrons. The molecule has 16 heavy (non-hydrogen) atoms. The Morgan fingerprint density at radius 2 is 2.12 bits per heavy atom. The van der Waals surface area contributed by atoms with Gasteiger partial charge >= 0.3 is 5.97 Å². The number of ether oxygens (including phenoxy) is 1. The topological polar surface area (TPSA) is 58.6 Å². The second-order valence-corrected chi connectivity index (χ2v) is 5.06. The standard InChI is InChI=1S/C12H21NO3/c14-11(15)12(5-2-1-3-6-12)13-8-10-4-7-16-9-10/h10,13H,1-9H2,(H,14,15). The zero-order valence-corrected chi connectivity index (χ0v) is 9.71. The number of carboxylic acids is 1. The summed E-state index contributed by atoms with van der Waals surface area (Å²) in [6.45, 7) is 2.39. The fourth-order valence-corrected chi connectivity index (χ4v) is 2.71. The summed E-state index contributed by atoms with van der Waals surface area (Å²) in [5, 5.41) is 12.7. The van der Waals surface area contributed by atoms with Crippen LogP contribution in [-0.4, -0.2) is 36.4 Å². The first-order valence-corrected chi connectivity index (χ1v) is 6.29. The monoisotopic (exact) mass is 227 g/mol. The van der Waals surface area contributed by atoms with Gasteiger partial charge in [-0.05, 0) is 25.2 Å². The van der Waals surface area contributed by atoms with Gasteiger partial charge in [0.05, 0.1) is 6.61 Å². The highest BCUT2D eigenvalue weighted by Gasteiger charge is 2.39. The van der Waals surface area contributed by atoms with Gasteiger partial charge in [-0.3, -0.25) is 4.79 Å². The van der Waals surface area contributed by atoms with Crippen LogP contribution in [0, 0.1) is 5.92 Å². The van der Waals surface area contributed by atoms with Gasteiger partial charge in [-0.1, -0.05) is 19.3 Å². The van der Waals surface area contributed by atoms with Crippen molar-refractivity contribution in [2.24, 2.45) is 5.92 Å². The van der Waals surface area contributed by atoms with Crippen molar-refractivity contribution in [3.05, 3.63) is 0 Å². The molecule has 2 rings (SSSR count). The first-order valence-electron chi connectivity index (χ1n) is 6.29. The van der Waals surface area contributed by atoms with Crippen LogP contribution >= 0.6 is 0 Å². The van der Waals surface area contributed by atoms with Crippen LogP contribution in [0.3, 0.4) is 0 Å². The van der Waals surface area contributed by atoms with E-state index >= 15 is 0 Å². The first-order chi connectivity index (χ1) is 7.73. The van der Waals surface area contributed by atoms with E-state index in [1.807, 2.05) is 0 Å². The number of carbonyl (C=O) groups is 1. The van der Waals surface area contributed by atoms with Crippen LogP contribution in [0.15, 0.2) is 0 Å². The molecule has 92 valence electrons. The third kappa shape index (κ3) is 2.55. The van der Waals surface area contributed by atoms with Gasteiger partial charge in [0.1, 0.15) is 5.54 Å². The normalized spacial score (nSPS) is 29.1. The fourth-order valence-electron chi connectivity index (χ4n) is 2.71. The molecular weight excluding hydrogens is 206 g/mol. The lowest BCUT2D eigenvalue weighted by Gasteiger charge is -2.35. The van der Waals surface area contributed by atoms with Gasteiger partial charge in [0.25, 0.3) is 0 Å². The summed E-state index contributed by atoms with van der Waals surface area (Å²) in [7, 11) is 0. The number of nitrogens with one attached hydrogen (secondary N) is 1. The molecule has 0 aromatic carbocycles. The molecule has 1 saturated carbocycles. The van der Waals surface area contributed by atoms with Crippen molar-refractivity contribution < 1.29 is 14.6 Å². The number of hydrogen-bond acceptors (Lipinski definition) is 3. The van der Waals surface area contributed by atoms with Crippen LogP contribution < -0.4 is 5.32 Å². The molecule has 2 fully saturated rings. The van der Waals surface area contributed by atoms with E-state index in [1.54, 1.807) is 0 Å². The summed E-state index contributed by atoms with van der Waals surface area (Å²) < 4.78 is 5.30. The van der Waals surface area contributed by atoms with E-state index in [9.17, 15) is 9.90 Å². The van der Waals surface area contributed by atoms with E-state index in [1.165, 1.54) is 6.42 Å². The van der Waals surface area contributed by atoms with Crippen molar-refractivity contribution in [2.75, 3.05) is 19.8 Å². The van der Waals surface area contributed by atoms with Crippen molar-refractivity contribution >= 4 is 5.97 Å². The summed E-state index contributed by atoms with van der Waals surface area (Å²) in [5.41, 5.74) is -0.652. The molecule has 2 N–H and O–H groups in total. The van der Waals surface area contributed by atoms with E-state index in [4.69, 9.17) is 4.74 Å². The van der Waals surface area contributed by atoms with Crippen molar-refractivity contribution in [3.8, 4) is 0 Å². The number of hydrogen-bond donors (Lipinski definition) is 2. The Bertz CT molecular complexity index is 243. The van der Waals surface area contributed by atoms with Gasteiger partial charge in [-0.15, -0.1) is 0 Å². The third-order valence-electron chi connectivity index (χ3n) is 3.87. The van der Waals surface area contributed by atoms with Crippen LogP contribution in [0.2, 0.25) is 0 Å². The quantitative estimate of drug-likeness (QED) is 0.762. The largest absolute Gasteiger partial charge is 0.480 e. The van der Waals surface area contributed by atoms with Crippen molar-refractivity contribution in [1.29, 1.82) is 0 Å². The van der Waals surface area contributed by atoms with Crippen LogP contribution in [0.4, 0.5) is 0 Å². The van der Waals surface area contributed by atoms with Crippen LogP contribution in [0.1, 0.15) is 38.5 Å². The SMILES string of the molecule is O=C(O)C1(NCC2CCOC2)CCCCC1. The molecule has 1 unspecified atom stereocenters. The Morgan fingerprint density at radius 1 is 1.38 bits per heavy atom. The second-order valence-electron chi connectivity index (χ2n) is 5.06. The molecule has 1 aliphatic carbocycles. The molecule has 2 aliphatic rings. The van der Waals surface area contributed by atoms with Gasteiger partial charge in [0.15, 0.2) is 0 Å². The maximum absolute atomic E-state index is 11.4. The van der Waals surface area contributed by atoms with Crippen LogP contribution in [0.25, 0.3) is 0 Å². The predicted molar refractivity (Wildman–Crippen MR) is 60.4 cm³/mol. The van der Waals surface area contributed by atoms with E-state index in [0.29, 0.717) is 5.92 Å². The molecular formula is C12H21NO3. The summed E-state index contributed by atoms with van der Waals surface area (Å²) in [6.07, 6.45) is 5.83. The van der Waals surface area contributed by atoms with Gasteiger partial charge in [-0.25, -0.2) is 0 Å². The highest BCUT2D eigenvalue weighted by atomic mass is 16.5. The Balaban J connectivity index is 1.88. The number of carboxylic acid groups (broad SMARTS) is 1. The molecule has 1 atom stereocenters. The highest BCUT2D eigenvalue weighted by molar-refractivity contribution is 5.78. The maximum Gasteiger partial charge on any atom is 0.323 e. The molecule has 1 heterocycles. The second kappa shape index (κ2) is 5.15.